The van der Waals surface area contributed by atoms with Crippen molar-refractivity contribution in [1.82, 2.24) is 5.32 Å². The number of ether oxygens (including phenoxy) is 2. The summed E-state index contributed by atoms with van der Waals surface area (Å²) >= 11 is 6.09. The number of anilines is 1. The van der Waals surface area contributed by atoms with Crippen molar-refractivity contribution in [2.75, 3.05) is 26.1 Å². The normalized spacial score (nSPS) is 9.96. The number of hydrogen-bond acceptors (Lipinski definition) is 5. The van der Waals surface area contributed by atoms with Crippen molar-refractivity contribution in [1.29, 1.82) is 0 Å². The Balaban J connectivity index is 2.15. The van der Waals surface area contributed by atoms with E-state index in [-0.39, 0.29) is 22.7 Å². The van der Waals surface area contributed by atoms with Gasteiger partial charge in [-0.2, -0.15) is 0 Å². The maximum absolute atomic E-state index is 12.5. The van der Waals surface area contributed by atoms with E-state index in [1.54, 1.807) is 36.4 Å². The van der Waals surface area contributed by atoms with Crippen LogP contribution in [0.3, 0.4) is 0 Å². The Morgan fingerprint density at radius 3 is 2.46 bits per heavy atom. The Hall–Kier alpha value is -3.06. The first-order valence-electron chi connectivity index (χ1n) is 7.55. The lowest BCUT2D eigenvalue weighted by atomic mass is 10.1. The summed E-state index contributed by atoms with van der Waals surface area (Å²) < 4.78 is 9.62. The number of halogens is 1. The Labute approximate surface area is 155 Å². The number of esters is 1. The molecule has 136 valence electrons. The third-order valence-corrected chi connectivity index (χ3v) is 3.74. The van der Waals surface area contributed by atoms with Crippen LogP contribution >= 0.6 is 11.6 Å². The lowest BCUT2D eigenvalue weighted by molar-refractivity contribution is -0.139. The molecule has 0 bridgehead atoms. The maximum Gasteiger partial charge on any atom is 0.325 e. The highest BCUT2D eigenvalue weighted by Crippen LogP contribution is 2.27. The van der Waals surface area contributed by atoms with E-state index in [0.29, 0.717) is 11.4 Å². The fraction of sp³-hybridized carbons (Fsp3) is 0.167. The molecule has 2 amide bonds. The second-order valence-electron chi connectivity index (χ2n) is 5.11. The van der Waals surface area contributed by atoms with E-state index in [9.17, 15) is 14.4 Å². The van der Waals surface area contributed by atoms with Crippen molar-refractivity contribution in [2.24, 2.45) is 0 Å². The number of hydrogen-bond donors (Lipinski definition) is 2. The van der Waals surface area contributed by atoms with Crippen LogP contribution < -0.4 is 15.4 Å². The van der Waals surface area contributed by atoms with Crippen LogP contribution in [0.15, 0.2) is 42.5 Å². The molecule has 0 unspecified atom stereocenters. The van der Waals surface area contributed by atoms with E-state index >= 15 is 0 Å². The van der Waals surface area contributed by atoms with Gasteiger partial charge in [0.2, 0.25) is 0 Å². The second-order valence-corrected chi connectivity index (χ2v) is 5.52. The summed E-state index contributed by atoms with van der Waals surface area (Å²) in [4.78, 5) is 35.7. The summed E-state index contributed by atoms with van der Waals surface area (Å²) in [7, 11) is 2.67. The largest absolute Gasteiger partial charge is 0.496 e. The smallest absolute Gasteiger partial charge is 0.325 e. The van der Waals surface area contributed by atoms with Gasteiger partial charge >= 0.3 is 5.97 Å². The van der Waals surface area contributed by atoms with Crippen LogP contribution in [-0.2, 0) is 9.53 Å². The number of rotatable bonds is 6. The van der Waals surface area contributed by atoms with E-state index < -0.39 is 17.8 Å². The van der Waals surface area contributed by atoms with E-state index in [1.165, 1.54) is 20.3 Å². The molecule has 0 saturated heterocycles. The second kappa shape index (κ2) is 8.87. The summed E-state index contributed by atoms with van der Waals surface area (Å²) in [5, 5.41) is 5.34. The molecule has 0 aliphatic heterocycles. The van der Waals surface area contributed by atoms with Crippen molar-refractivity contribution >= 4 is 35.1 Å². The standard InChI is InChI=1S/C18H17ClN2O5/c1-25-14-8-4-7-13(19)16(14)18(24)21-12-6-3-5-11(9-12)17(23)20-10-15(22)26-2/h3-9H,10H2,1-2H3,(H,20,23)(H,21,24). The molecule has 0 aliphatic carbocycles. The van der Waals surface area contributed by atoms with Gasteiger partial charge in [-0.3, -0.25) is 14.4 Å². The highest BCUT2D eigenvalue weighted by molar-refractivity contribution is 6.35. The zero-order chi connectivity index (χ0) is 19.1. The molecule has 0 spiro atoms. The third-order valence-electron chi connectivity index (χ3n) is 3.43. The highest BCUT2D eigenvalue weighted by Gasteiger charge is 2.17. The lowest BCUT2D eigenvalue weighted by Gasteiger charge is -2.11. The summed E-state index contributed by atoms with van der Waals surface area (Å²) in [6.07, 6.45) is 0. The molecule has 2 aromatic carbocycles. The molecule has 26 heavy (non-hydrogen) atoms. The van der Waals surface area contributed by atoms with Crippen molar-refractivity contribution in [3.8, 4) is 5.75 Å². The first-order chi connectivity index (χ1) is 12.5. The molecule has 0 saturated carbocycles. The van der Waals surface area contributed by atoms with Crippen LogP contribution in [-0.4, -0.2) is 38.5 Å². The number of amides is 2. The summed E-state index contributed by atoms with van der Waals surface area (Å²) in [5.74, 6) is -1.17. The predicted octanol–water partition coefficient (Wildman–Crippen LogP) is 2.50. The molecular weight excluding hydrogens is 360 g/mol. The minimum atomic E-state index is -0.561. The first-order valence-corrected chi connectivity index (χ1v) is 7.93. The summed E-state index contributed by atoms with van der Waals surface area (Å²) in [5.41, 5.74) is 0.859. The lowest BCUT2D eigenvalue weighted by Crippen LogP contribution is -2.30. The SMILES string of the molecule is COC(=O)CNC(=O)c1cccc(NC(=O)c2c(Cl)cccc2OC)c1. The summed E-state index contributed by atoms with van der Waals surface area (Å²) in [6.45, 7) is -0.247. The molecule has 2 rings (SSSR count). The average Bonchev–Trinajstić information content (AvgIpc) is 2.65. The number of carbonyl (C=O) groups excluding carboxylic acids is 3. The molecule has 0 aliphatic rings. The molecule has 0 heterocycles. The van der Waals surface area contributed by atoms with Crippen molar-refractivity contribution < 1.29 is 23.9 Å². The van der Waals surface area contributed by atoms with Gasteiger partial charge in [0.1, 0.15) is 17.9 Å². The van der Waals surface area contributed by atoms with Gasteiger partial charge in [-0.25, -0.2) is 0 Å². The summed E-state index contributed by atoms with van der Waals surface area (Å²) in [6, 6.07) is 11.1. The van der Waals surface area contributed by atoms with Crippen molar-refractivity contribution in [3.05, 3.63) is 58.6 Å². The minimum absolute atomic E-state index is 0.192. The van der Waals surface area contributed by atoms with Crippen LogP contribution in [0.25, 0.3) is 0 Å². The van der Waals surface area contributed by atoms with Crippen LogP contribution in [0, 0.1) is 0 Å². The minimum Gasteiger partial charge on any atom is -0.496 e. The molecular formula is C18H17ClN2O5. The molecule has 0 fully saturated rings. The van der Waals surface area contributed by atoms with Gasteiger partial charge in [-0.1, -0.05) is 23.7 Å². The van der Waals surface area contributed by atoms with Gasteiger partial charge in [0, 0.05) is 11.3 Å². The van der Waals surface area contributed by atoms with Crippen LogP contribution in [0.2, 0.25) is 5.02 Å². The third kappa shape index (κ3) is 4.73. The Morgan fingerprint density at radius 2 is 1.77 bits per heavy atom. The van der Waals surface area contributed by atoms with E-state index in [2.05, 4.69) is 15.4 Å². The Kier molecular flexibility index (Phi) is 6.57. The molecule has 2 aromatic rings. The topological polar surface area (TPSA) is 93.7 Å². The van der Waals surface area contributed by atoms with E-state index in [4.69, 9.17) is 16.3 Å². The van der Waals surface area contributed by atoms with Crippen LogP contribution in [0.1, 0.15) is 20.7 Å². The number of carbonyl (C=O) groups is 3. The van der Waals surface area contributed by atoms with Crippen molar-refractivity contribution in [3.63, 3.8) is 0 Å². The highest BCUT2D eigenvalue weighted by atomic mass is 35.5. The number of methoxy groups -OCH3 is 2. The first kappa shape index (κ1) is 19.3. The van der Waals surface area contributed by atoms with Gasteiger partial charge in [-0.05, 0) is 30.3 Å². The monoisotopic (exact) mass is 376 g/mol. The molecule has 0 radical (unpaired) electrons. The Bertz CT molecular complexity index is 838. The van der Waals surface area contributed by atoms with Gasteiger partial charge in [0.15, 0.2) is 0 Å². The predicted molar refractivity (Wildman–Crippen MR) is 96.7 cm³/mol. The van der Waals surface area contributed by atoms with Gasteiger partial charge < -0.3 is 20.1 Å². The molecule has 7 nitrogen and oxygen atoms in total. The fourth-order valence-corrected chi connectivity index (χ4v) is 2.40. The van der Waals surface area contributed by atoms with E-state index in [1.807, 2.05) is 0 Å². The average molecular weight is 377 g/mol. The number of benzene rings is 2. The molecule has 0 aromatic heterocycles. The van der Waals surface area contributed by atoms with Gasteiger partial charge in [0.05, 0.1) is 19.2 Å². The Morgan fingerprint density at radius 1 is 1.04 bits per heavy atom. The molecule has 8 heteroatoms. The fourth-order valence-electron chi connectivity index (χ4n) is 2.15. The zero-order valence-electron chi connectivity index (χ0n) is 14.2. The zero-order valence-corrected chi connectivity index (χ0v) is 14.9. The van der Waals surface area contributed by atoms with Gasteiger partial charge in [0.25, 0.3) is 11.8 Å². The van der Waals surface area contributed by atoms with Crippen LogP contribution in [0.4, 0.5) is 5.69 Å². The molecule has 2 N–H and O–H groups in total. The molecule has 0 atom stereocenters. The number of nitrogens with one attached hydrogen (secondary N) is 2. The van der Waals surface area contributed by atoms with Gasteiger partial charge in [-0.15, -0.1) is 0 Å². The quantitative estimate of drug-likeness (QED) is 0.755. The van der Waals surface area contributed by atoms with Crippen LogP contribution in [0.5, 0.6) is 5.75 Å². The maximum atomic E-state index is 12.5. The van der Waals surface area contributed by atoms with E-state index in [0.717, 1.165) is 0 Å². The van der Waals surface area contributed by atoms with Crippen molar-refractivity contribution in [2.45, 2.75) is 0 Å².